The highest BCUT2D eigenvalue weighted by Gasteiger charge is 2.28. The predicted molar refractivity (Wildman–Crippen MR) is 62.9 cm³/mol. The zero-order valence-corrected chi connectivity index (χ0v) is 9.75. The molecule has 3 rings (SSSR count). The Bertz CT molecular complexity index is 209. The van der Waals surface area contributed by atoms with Gasteiger partial charge in [0.05, 0.1) is 0 Å². The average molecular weight is 208 g/mol. The molecule has 2 aliphatic carbocycles. The van der Waals surface area contributed by atoms with Crippen molar-refractivity contribution in [3.8, 4) is 0 Å². The summed E-state index contributed by atoms with van der Waals surface area (Å²) in [4.78, 5) is 2.71. The van der Waals surface area contributed by atoms with E-state index in [4.69, 9.17) is 0 Å². The third kappa shape index (κ3) is 2.73. The molecule has 1 atom stereocenters. The second-order valence-electron chi connectivity index (χ2n) is 5.89. The normalized spacial score (nSPS) is 33.2. The molecule has 15 heavy (non-hydrogen) atoms. The lowest BCUT2D eigenvalue weighted by atomic mass is 9.85. The first-order chi connectivity index (χ1) is 7.40. The fourth-order valence-electron chi connectivity index (χ4n) is 2.91. The Balaban J connectivity index is 1.34. The van der Waals surface area contributed by atoms with Gasteiger partial charge in [0.1, 0.15) is 0 Å². The highest BCUT2D eigenvalue weighted by atomic mass is 15.2. The van der Waals surface area contributed by atoms with Crippen LogP contribution < -0.4 is 5.32 Å². The van der Waals surface area contributed by atoms with Crippen molar-refractivity contribution in [1.82, 2.24) is 10.2 Å². The second kappa shape index (κ2) is 4.42. The van der Waals surface area contributed by atoms with Crippen molar-refractivity contribution >= 4 is 0 Å². The van der Waals surface area contributed by atoms with E-state index in [9.17, 15) is 0 Å². The summed E-state index contributed by atoms with van der Waals surface area (Å²) in [5, 5.41) is 3.67. The Morgan fingerprint density at radius 3 is 2.53 bits per heavy atom. The Morgan fingerprint density at radius 1 is 1.00 bits per heavy atom. The van der Waals surface area contributed by atoms with Gasteiger partial charge in [-0.15, -0.1) is 0 Å². The first kappa shape index (κ1) is 10.1. The first-order valence-corrected chi connectivity index (χ1v) is 6.86. The molecule has 0 bridgehead atoms. The van der Waals surface area contributed by atoms with Gasteiger partial charge in [-0.05, 0) is 57.0 Å². The standard InChI is InChI=1S/C13H24N2/c1-2-11(3-1)9-15-7-6-12(10-15)8-14-13-4-5-13/h11-14H,1-10H2. The van der Waals surface area contributed by atoms with E-state index in [-0.39, 0.29) is 0 Å². The topological polar surface area (TPSA) is 15.3 Å². The van der Waals surface area contributed by atoms with Crippen LogP contribution in [0.5, 0.6) is 0 Å². The van der Waals surface area contributed by atoms with Gasteiger partial charge in [-0.3, -0.25) is 0 Å². The molecule has 0 radical (unpaired) electrons. The molecular weight excluding hydrogens is 184 g/mol. The molecule has 2 saturated carbocycles. The van der Waals surface area contributed by atoms with Crippen LogP contribution in [0.2, 0.25) is 0 Å². The molecule has 0 spiro atoms. The van der Waals surface area contributed by atoms with E-state index < -0.39 is 0 Å². The van der Waals surface area contributed by atoms with Crippen molar-refractivity contribution in [3.63, 3.8) is 0 Å². The third-order valence-corrected chi connectivity index (χ3v) is 4.38. The number of nitrogens with zero attached hydrogens (tertiary/aromatic N) is 1. The SMILES string of the molecule is C1CC(CN2CCC(CNC3CC3)C2)C1. The Labute approximate surface area is 93.4 Å². The minimum Gasteiger partial charge on any atom is -0.314 e. The maximum atomic E-state index is 3.67. The molecule has 1 aliphatic heterocycles. The zero-order valence-electron chi connectivity index (χ0n) is 9.75. The lowest BCUT2D eigenvalue weighted by Crippen LogP contribution is -2.32. The zero-order chi connectivity index (χ0) is 10.1. The van der Waals surface area contributed by atoms with Gasteiger partial charge in [0.15, 0.2) is 0 Å². The summed E-state index contributed by atoms with van der Waals surface area (Å²) in [6, 6.07) is 0.894. The summed E-state index contributed by atoms with van der Waals surface area (Å²) < 4.78 is 0. The lowest BCUT2D eigenvalue weighted by molar-refractivity contribution is 0.200. The highest BCUT2D eigenvalue weighted by Crippen LogP contribution is 2.29. The molecule has 86 valence electrons. The van der Waals surface area contributed by atoms with Crippen molar-refractivity contribution in [1.29, 1.82) is 0 Å². The summed E-state index contributed by atoms with van der Waals surface area (Å²) in [5.41, 5.74) is 0. The van der Waals surface area contributed by atoms with Gasteiger partial charge in [-0.25, -0.2) is 0 Å². The van der Waals surface area contributed by atoms with E-state index in [1.165, 1.54) is 64.7 Å². The molecule has 1 heterocycles. The summed E-state index contributed by atoms with van der Waals surface area (Å²) in [6.07, 6.45) is 8.79. The number of likely N-dealkylation sites (tertiary alicyclic amines) is 1. The largest absolute Gasteiger partial charge is 0.314 e. The maximum Gasteiger partial charge on any atom is 0.00683 e. The van der Waals surface area contributed by atoms with E-state index in [0.717, 1.165) is 17.9 Å². The minimum absolute atomic E-state index is 0.894. The molecular formula is C13H24N2. The van der Waals surface area contributed by atoms with Crippen molar-refractivity contribution in [2.24, 2.45) is 11.8 Å². The van der Waals surface area contributed by atoms with Crippen LogP contribution >= 0.6 is 0 Å². The molecule has 3 fully saturated rings. The van der Waals surface area contributed by atoms with Crippen LogP contribution in [0.1, 0.15) is 38.5 Å². The van der Waals surface area contributed by atoms with Gasteiger partial charge >= 0.3 is 0 Å². The number of hydrogen-bond donors (Lipinski definition) is 1. The monoisotopic (exact) mass is 208 g/mol. The van der Waals surface area contributed by atoms with E-state index >= 15 is 0 Å². The van der Waals surface area contributed by atoms with Crippen LogP contribution in [0, 0.1) is 11.8 Å². The van der Waals surface area contributed by atoms with Crippen molar-refractivity contribution in [2.45, 2.75) is 44.6 Å². The van der Waals surface area contributed by atoms with Gasteiger partial charge < -0.3 is 10.2 Å². The predicted octanol–water partition coefficient (Wildman–Crippen LogP) is 1.86. The second-order valence-corrected chi connectivity index (χ2v) is 5.89. The first-order valence-electron chi connectivity index (χ1n) is 6.86. The molecule has 1 N–H and O–H groups in total. The van der Waals surface area contributed by atoms with Crippen LogP contribution in [-0.4, -0.2) is 37.1 Å². The van der Waals surface area contributed by atoms with Crippen molar-refractivity contribution < 1.29 is 0 Å². The third-order valence-electron chi connectivity index (χ3n) is 4.38. The summed E-state index contributed by atoms with van der Waals surface area (Å²) in [5.74, 6) is 2.01. The molecule has 0 aromatic heterocycles. The van der Waals surface area contributed by atoms with E-state index in [1.807, 2.05) is 0 Å². The van der Waals surface area contributed by atoms with Gasteiger partial charge in [0, 0.05) is 19.1 Å². The summed E-state index contributed by atoms with van der Waals surface area (Å²) in [6.45, 7) is 5.43. The van der Waals surface area contributed by atoms with E-state index in [2.05, 4.69) is 10.2 Å². The van der Waals surface area contributed by atoms with Gasteiger partial charge in [0.25, 0.3) is 0 Å². The van der Waals surface area contributed by atoms with Crippen molar-refractivity contribution in [3.05, 3.63) is 0 Å². The Hall–Kier alpha value is -0.0800. The molecule has 0 aromatic rings. The summed E-state index contributed by atoms with van der Waals surface area (Å²) in [7, 11) is 0. The number of nitrogens with one attached hydrogen (secondary N) is 1. The van der Waals surface area contributed by atoms with Crippen LogP contribution in [-0.2, 0) is 0 Å². The van der Waals surface area contributed by atoms with Crippen LogP contribution in [0.3, 0.4) is 0 Å². The maximum absolute atomic E-state index is 3.67. The average Bonchev–Trinajstić information content (AvgIpc) is 2.89. The number of rotatable bonds is 5. The fourth-order valence-corrected chi connectivity index (χ4v) is 2.91. The smallest absolute Gasteiger partial charge is 0.00683 e. The molecule has 1 saturated heterocycles. The van der Waals surface area contributed by atoms with Crippen LogP contribution in [0.25, 0.3) is 0 Å². The lowest BCUT2D eigenvalue weighted by Gasteiger charge is -2.30. The van der Waals surface area contributed by atoms with Gasteiger partial charge in [0.2, 0.25) is 0 Å². The molecule has 3 aliphatic rings. The van der Waals surface area contributed by atoms with Gasteiger partial charge in [-0.1, -0.05) is 6.42 Å². The van der Waals surface area contributed by atoms with Crippen LogP contribution in [0.15, 0.2) is 0 Å². The van der Waals surface area contributed by atoms with E-state index in [0.29, 0.717) is 0 Å². The molecule has 1 unspecified atom stereocenters. The molecule has 2 nitrogen and oxygen atoms in total. The van der Waals surface area contributed by atoms with E-state index in [1.54, 1.807) is 0 Å². The summed E-state index contributed by atoms with van der Waals surface area (Å²) >= 11 is 0. The van der Waals surface area contributed by atoms with Crippen molar-refractivity contribution in [2.75, 3.05) is 26.2 Å². The molecule has 0 amide bonds. The number of hydrogen-bond acceptors (Lipinski definition) is 2. The highest BCUT2D eigenvalue weighted by molar-refractivity contribution is 4.85. The van der Waals surface area contributed by atoms with Crippen LogP contribution in [0.4, 0.5) is 0 Å². The van der Waals surface area contributed by atoms with Gasteiger partial charge in [-0.2, -0.15) is 0 Å². The minimum atomic E-state index is 0.894. The molecule has 0 aromatic carbocycles. The molecule has 2 heteroatoms. The quantitative estimate of drug-likeness (QED) is 0.742. The Morgan fingerprint density at radius 2 is 1.87 bits per heavy atom. The fraction of sp³-hybridized carbons (Fsp3) is 1.00. The Kier molecular flexibility index (Phi) is 2.98.